The van der Waals surface area contributed by atoms with E-state index in [0.29, 0.717) is 6.61 Å². The smallest absolute Gasteiger partial charge is 0.0716 e. The van der Waals surface area contributed by atoms with E-state index in [2.05, 4.69) is 23.5 Å². The minimum Gasteiger partial charge on any atom is -0.392 e. The largest absolute Gasteiger partial charge is 0.392 e. The van der Waals surface area contributed by atoms with Crippen molar-refractivity contribution in [3.8, 4) is 0 Å². The Hall–Kier alpha value is -0.900. The van der Waals surface area contributed by atoms with Gasteiger partial charge in [0.15, 0.2) is 0 Å². The SMILES string of the molecule is COCc1ccccc1CNC1CCCCCC1O. The van der Waals surface area contributed by atoms with Gasteiger partial charge in [0, 0.05) is 19.7 Å². The Morgan fingerprint density at radius 1 is 1.16 bits per heavy atom. The first-order valence-electron chi connectivity index (χ1n) is 7.28. The first-order valence-corrected chi connectivity index (χ1v) is 7.28. The standard InChI is InChI=1S/C16H25NO2/c1-19-12-14-8-6-5-7-13(14)11-17-15-9-3-2-4-10-16(15)18/h5-8,15-18H,2-4,9-12H2,1H3. The molecule has 0 aliphatic heterocycles. The summed E-state index contributed by atoms with van der Waals surface area (Å²) in [5.41, 5.74) is 2.49. The highest BCUT2D eigenvalue weighted by atomic mass is 16.5. The Morgan fingerprint density at radius 3 is 2.68 bits per heavy atom. The predicted molar refractivity (Wildman–Crippen MR) is 76.9 cm³/mol. The third-order valence-corrected chi connectivity index (χ3v) is 3.95. The van der Waals surface area contributed by atoms with Crippen LogP contribution < -0.4 is 5.32 Å². The highest BCUT2D eigenvalue weighted by Crippen LogP contribution is 2.19. The van der Waals surface area contributed by atoms with Crippen LogP contribution in [0.25, 0.3) is 0 Å². The number of nitrogens with one attached hydrogen (secondary N) is 1. The van der Waals surface area contributed by atoms with Gasteiger partial charge in [0.05, 0.1) is 12.7 Å². The van der Waals surface area contributed by atoms with Crippen LogP contribution >= 0.6 is 0 Å². The molecule has 1 aromatic rings. The van der Waals surface area contributed by atoms with E-state index in [-0.39, 0.29) is 12.1 Å². The molecule has 1 aromatic carbocycles. The van der Waals surface area contributed by atoms with Gasteiger partial charge in [-0.05, 0) is 24.0 Å². The van der Waals surface area contributed by atoms with Crippen LogP contribution in [0.5, 0.6) is 0 Å². The number of benzene rings is 1. The Kier molecular flexibility index (Phi) is 5.83. The molecule has 0 amide bonds. The van der Waals surface area contributed by atoms with Crippen LogP contribution in [0.15, 0.2) is 24.3 Å². The van der Waals surface area contributed by atoms with Crippen LogP contribution in [-0.4, -0.2) is 24.4 Å². The summed E-state index contributed by atoms with van der Waals surface area (Å²) in [7, 11) is 1.72. The first-order chi connectivity index (χ1) is 9.31. The van der Waals surface area contributed by atoms with E-state index >= 15 is 0 Å². The van der Waals surface area contributed by atoms with Gasteiger partial charge in [0.1, 0.15) is 0 Å². The summed E-state index contributed by atoms with van der Waals surface area (Å²) in [5, 5.41) is 13.6. The van der Waals surface area contributed by atoms with Crippen molar-refractivity contribution < 1.29 is 9.84 Å². The average molecular weight is 263 g/mol. The molecule has 0 heterocycles. The molecule has 1 aliphatic rings. The molecule has 106 valence electrons. The monoisotopic (exact) mass is 263 g/mol. The van der Waals surface area contributed by atoms with Gasteiger partial charge in [-0.2, -0.15) is 0 Å². The van der Waals surface area contributed by atoms with E-state index in [1.54, 1.807) is 7.11 Å². The number of ether oxygens (including phenoxy) is 1. The summed E-state index contributed by atoms with van der Waals surface area (Å²) in [4.78, 5) is 0. The Morgan fingerprint density at radius 2 is 1.89 bits per heavy atom. The van der Waals surface area contributed by atoms with Crippen LogP contribution in [0.1, 0.15) is 43.2 Å². The third kappa shape index (κ3) is 4.30. The second-order valence-electron chi connectivity index (χ2n) is 5.39. The zero-order valence-electron chi connectivity index (χ0n) is 11.8. The van der Waals surface area contributed by atoms with Gasteiger partial charge in [-0.3, -0.25) is 0 Å². The van der Waals surface area contributed by atoms with Crippen molar-refractivity contribution in [1.29, 1.82) is 0 Å². The zero-order valence-corrected chi connectivity index (χ0v) is 11.8. The predicted octanol–water partition coefficient (Wildman–Crippen LogP) is 2.62. The molecular weight excluding hydrogens is 238 g/mol. The van der Waals surface area contributed by atoms with Gasteiger partial charge in [-0.15, -0.1) is 0 Å². The second-order valence-corrected chi connectivity index (χ2v) is 5.39. The molecule has 3 nitrogen and oxygen atoms in total. The minimum atomic E-state index is -0.197. The fourth-order valence-electron chi connectivity index (χ4n) is 2.79. The molecule has 19 heavy (non-hydrogen) atoms. The number of hydrogen-bond acceptors (Lipinski definition) is 3. The number of methoxy groups -OCH3 is 1. The maximum atomic E-state index is 10.1. The number of aliphatic hydroxyl groups is 1. The normalized spacial score (nSPS) is 24.1. The molecule has 1 fully saturated rings. The van der Waals surface area contributed by atoms with Gasteiger partial charge in [-0.25, -0.2) is 0 Å². The maximum absolute atomic E-state index is 10.1. The molecule has 0 aromatic heterocycles. The number of hydrogen-bond donors (Lipinski definition) is 2. The summed E-state index contributed by atoms with van der Waals surface area (Å²) in [6.07, 6.45) is 5.42. The fourth-order valence-corrected chi connectivity index (χ4v) is 2.79. The number of rotatable bonds is 5. The molecular formula is C16H25NO2. The highest BCUT2D eigenvalue weighted by molar-refractivity contribution is 5.26. The second kappa shape index (κ2) is 7.63. The Bertz CT molecular complexity index is 381. The Labute approximate surface area is 116 Å². The van der Waals surface area contributed by atoms with Gasteiger partial charge in [-0.1, -0.05) is 43.5 Å². The highest BCUT2D eigenvalue weighted by Gasteiger charge is 2.20. The van der Waals surface area contributed by atoms with E-state index in [9.17, 15) is 5.11 Å². The molecule has 0 saturated heterocycles. The first kappa shape index (κ1) is 14.5. The topological polar surface area (TPSA) is 41.5 Å². The molecule has 2 atom stereocenters. The molecule has 0 bridgehead atoms. The molecule has 2 N–H and O–H groups in total. The summed E-state index contributed by atoms with van der Waals surface area (Å²) >= 11 is 0. The molecule has 0 spiro atoms. The molecule has 2 unspecified atom stereocenters. The van der Waals surface area contributed by atoms with Gasteiger partial charge >= 0.3 is 0 Å². The lowest BCUT2D eigenvalue weighted by Gasteiger charge is -2.22. The van der Waals surface area contributed by atoms with E-state index in [0.717, 1.165) is 25.8 Å². The Balaban J connectivity index is 1.93. The number of aliphatic hydroxyl groups excluding tert-OH is 1. The molecule has 3 heteroatoms. The van der Waals surface area contributed by atoms with Crippen molar-refractivity contribution in [2.75, 3.05) is 7.11 Å². The van der Waals surface area contributed by atoms with E-state index in [1.807, 2.05) is 6.07 Å². The van der Waals surface area contributed by atoms with E-state index < -0.39 is 0 Å². The summed E-state index contributed by atoms with van der Waals surface area (Å²) in [6.45, 7) is 1.45. The van der Waals surface area contributed by atoms with Crippen LogP contribution in [0.4, 0.5) is 0 Å². The van der Waals surface area contributed by atoms with Crippen LogP contribution in [0, 0.1) is 0 Å². The van der Waals surface area contributed by atoms with Crippen molar-refractivity contribution in [1.82, 2.24) is 5.32 Å². The van der Waals surface area contributed by atoms with Crippen molar-refractivity contribution in [2.24, 2.45) is 0 Å². The van der Waals surface area contributed by atoms with Crippen LogP contribution in [0.2, 0.25) is 0 Å². The lowest BCUT2D eigenvalue weighted by molar-refractivity contribution is 0.119. The summed E-state index contributed by atoms with van der Waals surface area (Å²) in [6, 6.07) is 8.56. The van der Waals surface area contributed by atoms with E-state index in [4.69, 9.17) is 4.74 Å². The minimum absolute atomic E-state index is 0.197. The summed E-state index contributed by atoms with van der Waals surface area (Å²) in [5.74, 6) is 0. The lowest BCUT2D eigenvalue weighted by Crippen LogP contribution is -2.38. The molecule has 2 rings (SSSR count). The van der Waals surface area contributed by atoms with Gasteiger partial charge in [0.25, 0.3) is 0 Å². The van der Waals surface area contributed by atoms with Crippen molar-refractivity contribution in [3.05, 3.63) is 35.4 Å². The van der Waals surface area contributed by atoms with Crippen molar-refractivity contribution >= 4 is 0 Å². The lowest BCUT2D eigenvalue weighted by atomic mass is 10.0. The molecule has 1 aliphatic carbocycles. The molecule has 1 saturated carbocycles. The molecule has 0 radical (unpaired) electrons. The van der Waals surface area contributed by atoms with Gasteiger partial charge in [0.2, 0.25) is 0 Å². The van der Waals surface area contributed by atoms with E-state index in [1.165, 1.54) is 24.0 Å². The maximum Gasteiger partial charge on any atom is 0.0716 e. The van der Waals surface area contributed by atoms with Crippen molar-refractivity contribution in [2.45, 2.75) is 57.4 Å². The van der Waals surface area contributed by atoms with Crippen LogP contribution in [0.3, 0.4) is 0 Å². The van der Waals surface area contributed by atoms with Crippen LogP contribution in [-0.2, 0) is 17.9 Å². The van der Waals surface area contributed by atoms with Crippen molar-refractivity contribution in [3.63, 3.8) is 0 Å². The van der Waals surface area contributed by atoms with Gasteiger partial charge < -0.3 is 15.2 Å². The summed E-state index contributed by atoms with van der Waals surface area (Å²) < 4.78 is 5.22. The third-order valence-electron chi connectivity index (χ3n) is 3.95. The fraction of sp³-hybridized carbons (Fsp3) is 0.625. The zero-order chi connectivity index (χ0) is 13.5. The average Bonchev–Trinajstić information content (AvgIpc) is 2.63. The quantitative estimate of drug-likeness (QED) is 0.802.